The third-order valence-electron chi connectivity index (χ3n) is 3.25. The largest absolute Gasteiger partial charge is 0.380 e. The first-order valence-corrected chi connectivity index (χ1v) is 7.14. The first-order chi connectivity index (χ1) is 10.9. The molecule has 0 fully saturated rings. The van der Waals surface area contributed by atoms with Crippen LogP contribution in [0.15, 0.2) is 36.4 Å². The highest BCUT2D eigenvalue weighted by molar-refractivity contribution is 6.31. The molecule has 0 unspecified atom stereocenters. The summed E-state index contributed by atoms with van der Waals surface area (Å²) in [5, 5.41) is 14.2. The molecule has 0 spiro atoms. The summed E-state index contributed by atoms with van der Waals surface area (Å²) in [6.45, 7) is 1.97. The molecule has 0 aliphatic rings. The van der Waals surface area contributed by atoms with Gasteiger partial charge in [-0.1, -0.05) is 23.7 Å². The minimum Gasteiger partial charge on any atom is -0.380 e. The molecule has 6 nitrogen and oxygen atoms in total. The molecule has 0 aliphatic carbocycles. The molecule has 0 heterocycles. The Kier molecular flexibility index (Phi) is 5.31. The number of halogens is 1. The number of ether oxygens (including phenoxy) is 1. The van der Waals surface area contributed by atoms with E-state index in [1.54, 1.807) is 31.2 Å². The topological polar surface area (TPSA) is 81.5 Å². The summed E-state index contributed by atoms with van der Waals surface area (Å²) < 4.78 is 5.07. The maximum atomic E-state index is 12.5. The smallest absolute Gasteiger partial charge is 0.282 e. The van der Waals surface area contributed by atoms with Crippen LogP contribution in [0.5, 0.6) is 0 Å². The highest BCUT2D eigenvalue weighted by atomic mass is 35.5. The number of methoxy groups -OCH3 is 1. The van der Waals surface area contributed by atoms with E-state index in [9.17, 15) is 14.9 Å². The minimum absolute atomic E-state index is 0.00153. The molecule has 0 saturated heterocycles. The predicted octanol–water partition coefficient (Wildman–Crippen LogP) is 3.96. The van der Waals surface area contributed by atoms with E-state index in [0.717, 1.165) is 5.56 Å². The van der Waals surface area contributed by atoms with Crippen LogP contribution in [0.3, 0.4) is 0 Å². The lowest BCUT2D eigenvalue weighted by atomic mass is 10.1. The van der Waals surface area contributed by atoms with Crippen LogP contribution in [0.4, 0.5) is 11.4 Å². The molecule has 2 rings (SSSR count). The Morgan fingerprint density at radius 2 is 2.09 bits per heavy atom. The zero-order valence-corrected chi connectivity index (χ0v) is 13.4. The molecule has 0 aliphatic heterocycles. The van der Waals surface area contributed by atoms with Crippen molar-refractivity contribution >= 4 is 28.9 Å². The summed E-state index contributed by atoms with van der Waals surface area (Å²) in [6, 6.07) is 9.42. The molecule has 120 valence electrons. The molecule has 1 N–H and O–H groups in total. The Balaban J connectivity index is 2.39. The van der Waals surface area contributed by atoms with Crippen LogP contribution in [0, 0.1) is 17.0 Å². The minimum atomic E-state index is -0.581. The second-order valence-electron chi connectivity index (χ2n) is 4.93. The lowest BCUT2D eigenvalue weighted by Gasteiger charge is -2.12. The number of amides is 1. The third-order valence-corrected chi connectivity index (χ3v) is 3.60. The fourth-order valence-electron chi connectivity index (χ4n) is 2.15. The molecule has 0 saturated carbocycles. The number of rotatable bonds is 5. The molecule has 0 radical (unpaired) electrons. The Labute approximate surface area is 138 Å². The molecule has 1 amide bonds. The van der Waals surface area contributed by atoms with Crippen molar-refractivity contribution in [1.29, 1.82) is 0 Å². The summed E-state index contributed by atoms with van der Waals surface area (Å²) in [5.41, 5.74) is 1.58. The standard InChI is InChI=1S/C16H15ClN2O4/c1-10-6-7-15(19(21)22)11(8-10)16(20)18-14-5-3-4-13(17)12(14)9-23-2/h3-8H,9H2,1-2H3,(H,18,20). The summed E-state index contributed by atoms with van der Waals surface area (Å²) >= 11 is 6.11. The number of aryl methyl sites for hydroxylation is 1. The number of benzene rings is 2. The number of nitro benzene ring substituents is 1. The first kappa shape index (κ1) is 16.9. The van der Waals surface area contributed by atoms with Gasteiger partial charge in [-0.2, -0.15) is 0 Å². The molecule has 7 heteroatoms. The number of nitro groups is 1. The maximum absolute atomic E-state index is 12.5. The zero-order chi connectivity index (χ0) is 17.0. The van der Waals surface area contributed by atoms with Gasteiger partial charge in [-0.3, -0.25) is 14.9 Å². The van der Waals surface area contributed by atoms with Gasteiger partial charge in [0, 0.05) is 29.4 Å². The zero-order valence-electron chi connectivity index (χ0n) is 12.6. The van der Waals surface area contributed by atoms with Crippen molar-refractivity contribution in [3.63, 3.8) is 0 Å². The van der Waals surface area contributed by atoms with Gasteiger partial charge in [-0.25, -0.2) is 0 Å². The van der Waals surface area contributed by atoms with Crippen molar-refractivity contribution in [2.45, 2.75) is 13.5 Å². The monoisotopic (exact) mass is 334 g/mol. The van der Waals surface area contributed by atoms with E-state index in [1.807, 2.05) is 0 Å². The molecule has 2 aromatic rings. The van der Waals surface area contributed by atoms with Crippen LogP contribution in [0.25, 0.3) is 0 Å². The van der Waals surface area contributed by atoms with Gasteiger partial charge in [0.05, 0.1) is 11.5 Å². The summed E-state index contributed by atoms with van der Waals surface area (Å²) in [4.78, 5) is 23.0. The molecular formula is C16H15ClN2O4. The second-order valence-corrected chi connectivity index (χ2v) is 5.34. The van der Waals surface area contributed by atoms with E-state index in [2.05, 4.69) is 5.32 Å². The molecule has 2 aromatic carbocycles. The van der Waals surface area contributed by atoms with Crippen LogP contribution in [0.1, 0.15) is 21.5 Å². The molecular weight excluding hydrogens is 320 g/mol. The average molecular weight is 335 g/mol. The van der Waals surface area contributed by atoms with Crippen molar-refractivity contribution in [3.05, 3.63) is 68.2 Å². The molecule has 23 heavy (non-hydrogen) atoms. The van der Waals surface area contributed by atoms with Crippen LogP contribution in [-0.2, 0) is 11.3 Å². The van der Waals surface area contributed by atoms with Gasteiger partial charge in [0.2, 0.25) is 0 Å². The van der Waals surface area contributed by atoms with Crippen LogP contribution >= 0.6 is 11.6 Å². The number of carbonyl (C=O) groups is 1. The van der Waals surface area contributed by atoms with E-state index in [1.165, 1.54) is 19.2 Å². The van der Waals surface area contributed by atoms with E-state index in [4.69, 9.17) is 16.3 Å². The quantitative estimate of drug-likeness (QED) is 0.663. The van der Waals surface area contributed by atoms with Crippen molar-refractivity contribution in [2.75, 3.05) is 12.4 Å². The fraction of sp³-hybridized carbons (Fsp3) is 0.188. The van der Waals surface area contributed by atoms with Gasteiger partial charge in [0.25, 0.3) is 11.6 Å². The molecule has 0 atom stereocenters. The van der Waals surface area contributed by atoms with Crippen LogP contribution in [-0.4, -0.2) is 17.9 Å². The highest BCUT2D eigenvalue weighted by Gasteiger charge is 2.21. The van der Waals surface area contributed by atoms with Gasteiger partial charge in [0.15, 0.2) is 0 Å². The highest BCUT2D eigenvalue weighted by Crippen LogP contribution is 2.27. The van der Waals surface area contributed by atoms with E-state index >= 15 is 0 Å². The van der Waals surface area contributed by atoms with E-state index < -0.39 is 10.8 Å². The average Bonchev–Trinajstić information content (AvgIpc) is 2.50. The van der Waals surface area contributed by atoms with Crippen molar-refractivity contribution in [3.8, 4) is 0 Å². The third kappa shape index (κ3) is 3.85. The van der Waals surface area contributed by atoms with Gasteiger partial charge < -0.3 is 10.1 Å². The van der Waals surface area contributed by atoms with Crippen LogP contribution < -0.4 is 5.32 Å². The number of hydrogen-bond acceptors (Lipinski definition) is 4. The van der Waals surface area contributed by atoms with Gasteiger partial charge >= 0.3 is 0 Å². The van der Waals surface area contributed by atoms with Crippen LogP contribution in [0.2, 0.25) is 5.02 Å². The summed E-state index contributed by atoms with van der Waals surface area (Å²) in [5.74, 6) is -0.569. The van der Waals surface area contributed by atoms with Crippen molar-refractivity contribution in [2.24, 2.45) is 0 Å². The van der Waals surface area contributed by atoms with E-state index in [-0.39, 0.29) is 17.9 Å². The Morgan fingerprint density at radius 1 is 1.35 bits per heavy atom. The first-order valence-electron chi connectivity index (χ1n) is 6.76. The Morgan fingerprint density at radius 3 is 2.74 bits per heavy atom. The lowest BCUT2D eigenvalue weighted by molar-refractivity contribution is -0.385. The normalized spacial score (nSPS) is 10.4. The number of nitrogens with zero attached hydrogens (tertiary/aromatic N) is 1. The van der Waals surface area contributed by atoms with Gasteiger partial charge in [-0.05, 0) is 30.7 Å². The number of carbonyl (C=O) groups excluding carboxylic acids is 1. The maximum Gasteiger partial charge on any atom is 0.282 e. The Hall–Kier alpha value is -2.44. The summed E-state index contributed by atoms with van der Waals surface area (Å²) in [6.07, 6.45) is 0. The SMILES string of the molecule is COCc1c(Cl)cccc1NC(=O)c1cc(C)ccc1[N+](=O)[O-]. The second kappa shape index (κ2) is 7.21. The number of anilines is 1. The van der Waals surface area contributed by atoms with E-state index in [0.29, 0.717) is 16.3 Å². The Bertz CT molecular complexity index is 762. The molecule has 0 bridgehead atoms. The number of nitrogens with one attached hydrogen (secondary N) is 1. The summed E-state index contributed by atoms with van der Waals surface area (Å²) in [7, 11) is 1.51. The predicted molar refractivity (Wildman–Crippen MR) is 88.0 cm³/mol. The van der Waals surface area contributed by atoms with Gasteiger partial charge in [-0.15, -0.1) is 0 Å². The van der Waals surface area contributed by atoms with Gasteiger partial charge in [0.1, 0.15) is 5.56 Å². The number of hydrogen-bond donors (Lipinski definition) is 1. The lowest BCUT2D eigenvalue weighted by Crippen LogP contribution is -2.15. The van der Waals surface area contributed by atoms with Crippen molar-refractivity contribution in [1.82, 2.24) is 0 Å². The fourth-order valence-corrected chi connectivity index (χ4v) is 2.38. The van der Waals surface area contributed by atoms with Crippen molar-refractivity contribution < 1.29 is 14.5 Å². The molecule has 0 aromatic heterocycles.